The van der Waals surface area contributed by atoms with Gasteiger partial charge in [0.1, 0.15) is 11.4 Å². The van der Waals surface area contributed by atoms with E-state index in [1.165, 1.54) is 0 Å². The van der Waals surface area contributed by atoms with Crippen molar-refractivity contribution in [2.75, 3.05) is 17.2 Å². The van der Waals surface area contributed by atoms with E-state index in [4.69, 9.17) is 16.3 Å². The Balaban J connectivity index is 1.74. The van der Waals surface area contributed by atoms with Crippen LogP contribution in [0.3, 0.4) is 0 Å². The number of hydrogen-bond donors (Lipinski definition) is 2. The van der Waals surface area contributed by atoms with Crippen LogP contribution >= 0.6 is 11.6 Å². The predicted octanol–water partition coefficient (Wildman–Crippen LogP) is 2.99. The molecule has 0 saturated heterocycles. The lowest BCUT2D eigenvalue weighted by Gasteiger charge is -2.20. The van der Waals surface area contributed by atoms with Crippen molar-refractivity contribution in [3.05, 3.63) is 67.4 Å². The molecule has 0 atom stereocenters. The van der Waals surface area contributed by atoms with Crippen LogP contribution in [0.2, 0.25) is 5.02 Å². The molecule has 6 nitrogen and oxygen atoms in total. The number of carbonyl (C=O) groups excluding carboxylic acids is 1. The SMILES string of the molecule is Cc1ccc(Cl)cc1Nc1c(-c2ccc3c(c2)OCC(=O)N3)c(=O)c1=O. The summed E-state index contributed by atoms with van der Waals surface area (Å²) in [6.07, 6.45) is 0. The smallest absolute Gasteiger partial charge is 0.262 e. The Kier molecular flexibility index (Phi) is 3.77. The fraction of sp³-hybridized carbons (Fsp3) is 0.105. The van der Waals surface area contributed by atoms with Gasteiger partial charge in [-0.05, 0) is 42.3 Å². The van der Waals surface area contributed by atoms with E-state index in [2.05, 4.69) is 10.6 Å². The first-order valence-corrected chi connectivity index (χ1v) is 8.25. The lowest BCUT2D eigenvalue weighted by molar-refractivity contribution is -0.118. The standard InChI is InChI=1S/C19H13ClN2O4/c1-9-2-4-11(20)7-13(9)22-17-16(18(24)19(17)25)10-3-5-12-14(6-10)26-8-15(23)21-12/h2-7,22H,8H2,1H3,(H,21,23). The van der Waals surface area contributed by atoms with Crippen molar-refractivity contribution in [2.24, 2.45) is 0 Å². The molecule has 130 valence electrons. The molecule has 0 radical (unpaired) electrons. The summed E-state index contributed by atoms with van der Waals surface area (Å²) < 4.78 is 5.38. The summed E-state index contributed by atoms with van der Waals surface area (Å²) in [4.78, 5) is 35.6. The maximum Gasteiger partial charge on any atom is 0.262 e. The Morgan fingerprint density at radius 2 is 1.88 bits per heavy atom. The zero-order valence-corrected chi connectivity index (χ0v) is 14.4. The number of fused-ring (bicyclic) bond motifs is 1. The van der Waals surface area contributed by atoms with Crippen molar-refractivity contribution in [2.45, 2.75) is 6.92 Å². The Morgan fingerprint density at radius 1 is 1.08 bits per heavy atom. The topological polar surface area (TPSA) is 84.5 Å². The first-order chi connectivity index (χ1) is 12.4. The van der Waals surface area contributed by atoms with E-state index in [0.717, 1.165) is 5.56 Å². The number of ether oxygens (including phenoxy) is 1. The van der Waals surface area contributed by atoms with E-state index in [-0.39, 0.29) is 23.8 Å². The number of nitrogens with one attached hydrogen (secondary N) is 2. The molecular formula is C19H13ClN2O4. The average Bonchev–Trinajstić information content (AvgIpc) is 2.63. The molecule has 1 amide bonds. The molecule has 0 saturated carbocycles. The predicted molar refractivity (Wildman–Crippen MR) is 100 cm³/mol. The van der Waals surface area contributed by atoms with Crippen LogP contribution in [0.4, 0.5) is 17.1 Å². The van der Waals surface area contributed by atoms with Crippen LogP contribution < -0.4 is 26.2 Å². The number of anilines is 3. The van der Waals surface area contributed by atoms with Crippen molar-refractivity contribution in [1.29, 1.82) is 0 Å². The molecule has 0 spiro atoms. The number of amides is 1. The lowest BCUT2D eigenvalue weighted by Crippen LogP contribution is -2.35. The zero-order valence-electron chi connectivity index (χ0n) is 13.7. The zero-order chi connectivity index (χ0) is 18.4. The van der Waals surface area contributed by atoms with Gasteiger partial charge in [-0.25, -0.2) is 0 Å². The van der Waals surface area contributed by atoms with Crippen LogP contribution in [0.15, 0.2) is 46.0 Å². The maximum atomic E-state index is 12.2. The third-order valence-corrected chi connectivity index (χ3v) is 4.51. The third kappa shape index (κ3) is 2.64. The minimum Gasteiger partial charge on any atom is -0.482 e. The first-order valence-electron chi connectivity index (χ1n) is 7.87. The highest BCUT2D eigenvalue weighted by Gasteiger charge is 2.25. The summed E-state index contributed by atoms with van der Waals surface area (Å²) in [6, 6.07) is 10.2. The second kappa shape index (κ2) is 6.00. The first kappa shape index (κ1) is 16.4. The van der Waals surface area contributed by atoms with Crippen LogP contribution in [-0.2, 0) is 4.79 Å². The van der Waals surface area contributed by atoms with Crippen molar-refractivity contribution < 1.29 is 9.53 Å². The number of halogens is 1. The van der Waals surface area contributed by atoms with Gasteiger partial charge in [0, 0.05) is 10.7 Å². The molecule has 26 heavy (non-hydrogen) atoms. The normalized spacial score (nSPS) is 13.1. The number of aryl methyl sites for hydroxylation is 1. The van der Waals surface area contributed by atoms with Crippen LogP contribution in [-0.4, -0.2) is 12.5 Å². The average molecular weight is 369 g/mol. The largest absolute Gasteiger partial charge is 0.482 e. The second-order valence-corrected chi connectivity index (χ2v) is 6.48. The van der Waals surface area contributed by atoms with E-state index in [0.29, 0.717) is 27.7 Å². The third-order valence-electron chi connectivity index (χ3n) is 4.27. The fourth-order valence-electron chi connectivity index (χ4n) is 2.88. The van der Waals surface area contributed by atoms with Gasteiger partial charge < -0.3 is 15.4 Å². The number of carbonyl (C=O) groups is 1. The molecular weight excluding hydrogens is 356 g/mol. The number of benzene rings is 2. The van der Waals surface area contributed by atoms with Gasteiger partial charge in [0.05, 0.1) is 11.3 Å². The van der Waals surface area contributed by atoms with E-state index in [9.17, 15) is 14.4 Å². The molecule has 1 heterocycles. The van der Waals surface area contributed by atoms with Crippen LogP contribution in [0, 0.1) is 6.92 Å². The Labute approximate surface area is 153 Å². The van der Waals surface area contributed by atoms with Gasteiger partial charge in [0.2, 0.25) is 5.43 Å². The van der Waals surface area contributed by atoms with E-state index in [1.807, 2.05) is 13.0 Å². The van der Waals surface area contributed by atoms with Crippen molar-refractivity contribution in [3.63, 3.8) is 0 Å². The lowest BCUT2D eigenvalue weighted by atomic mass is 9.97. The highest BCUT2D eigenvalue weighted by atomic mass is 35.5. The molecule has 1 aliphatic rings. The summed E-state index contributed by atoms with van der Waals surface area (Å²) >= 11 is 6.01. The van der Waals surface area contributed by atoms with Gasteiger partial charge in [-0.2, -0.15) is 0 Å². The molecule has 1 aliphatic heterocycles. The van der Waals surface area contributed by atoms with Gasteiger partial charge in [-0.1, -0.05) is 23.7 Å². The monoisotopic (exact) mass is 368 g/mol. The molecule has 4 rings (SSSR count). The summed E-state index contributed by atoms with van der Waals surface area (Å²) in [5, 5.41) is 6.23. The summed E-state index contributed by atoms with van der Waals surface area (Å²) in [6.45, 7) is 1.79. The molecule has 7 heteroatoms. The Hall–Kier alpha value is -3.12. The van der Waals surface area contributed by atoms with E-state index < -0.39 is 10.9 Å². The van der Waals surface area contributed by atoms with E-state index >= 15 is 0 Å². The Morgan fingerprint density at radius 3 is 2.69 bits per heavy atom. The number of hydrogen-bond acceptors (Lipinski definition) is 5. The van der Waals surface area contributed by atoms with Crippen molar-refractivity contribution in [1.82, 2.24) is 0 Å². The Bertz CT molecular complexity index is 1130. The highest BCUT2D eigenvalue weighted by Crippen LogP contribution is 2.35. The molecule has 0 aromatic heterocycles. The van der Waals surface area contributed by atoms with Crippen LogP contribution in [0.5, 0.6) is 5.75 Å². The minimum atomic E-state index is -0.577. The molecule has 0 aliphatic carbocycles. The molecule has 0 unspecified atom stereocenters. The van der Waals surface area contributed by atoms with Gasteiger partial charge in [-0.3, -0.25) is 14.4 Å². The molecule has 2 N–H and O–H groups in total. The molecule has 0 bridgehead atoms. The maximum absolute atomic E-state index is 12.2. The minimum absolute atomic E-state index is 0.0881. The fourth-order valence-corrected chi connectivity index (χ4v) is 3.05. The molecule has 3 aromatic carbocycles. The molecule has 0 fully saturated rings. The summed E-state index contributed by atoms with van der Waals surface area (Å²) in [7, 11) is 0. The molecule has 3 aromatic rings. The van der Waals surface area contributed by atoms with Crippen molar-refractivity contribution in [3.8, 4) is 16.9 Å². The van der Waals surface area contributed by atoms with Gasteiger partial charge in [-0.15, -0.1) is 0 Å². The summed E-state index contributed by atoms with van der Waals surface area (Å²) in [5.41, 5.74) is 2.00. The van der Waals surface area contributed by atoms with Crippen molar-refractivity contribution >= 4 is 34.6 Å². The van der Waals surface area contributed by atoms with Gasteiger partial charge in [0.25, 0.3) is 11.3 Å². The summed E-state index contributed by atoms with van der Waals surface area (Å²) in [5.74, 6) is 0.221. The number of rotatable bonds is 3. The van der Waals surface area contributed by atoms with Crippen LogP contribution in [0.1, 0.15) is 5.56 Å². The highest BCUT2D eigenvalue weighted by molar-refractivity contribution is 6.30. The second-order valence-electron chi connectivity index (χ2n) is 6.04. The quantitative estimate of drug-likeness (QED) is 0.694. The van der Waals surface area contributed by atoms with Gasteiger partial charge in [0.15, 0.2) is 6.61 Å². The van der Waals surface area contributed by atoms with Crippen LogP contribution in [0.25, 0.3) is 11.1 Å². The van der Waals surface area contributed by atoms with E-state index in [1.54, 1.807) is 30.3 Å². The van der Waals surface area contributed by atoms with Gasteiger partial charge >= 0.3 is 0 Å².